The number of hydrogen-bond acceptors (Lipinski definition) is 5. The first-order valence-corrected chi connectivity index (χ1v) is 11.8. The molecular formula is C21H31FN4O4S. The summed E-state index contributed by atoms with van der Waals surface area (Å²) in [4.78, 5) is 17.3. The molecule has 0 aliphatic carbocycles. The second-order valence-corrected chi connectivity index (χ2v) is 12.2. The van der Waals surface area contributed by atoms with E-state index in [1.807, 2.05) is 11.9 Å². The molecule has 2 aliphatic rings. The highest BCUT2D eigenvalue weighted by Crippen LogP contribution is 2.51. The van der Waals surface area contributed by atoms with E-state index < -0.39 is 42.7 Å². The summed E-state index contributed by atoms with van der Waals surface area (Å²) in [6.07, 6.45) is -1.10. The van der Waals surface area contributed by atoms with Crippen molar-refractivity contribution < 1.29 is 22.7 Å². The summed E-state index contributed by atoms with van der Waals surface area (Å²) in [6.45, 7) is 7.90. The predicted octanol–water partition coefficient (Wildman–Crippen LogP) is 2.60. The van der Waals surface area contributed by atoms with Crippen molar-refractivity contribution in [2.24, 2.45) is 10.4 Å². The highest BCUT2D eigenvalue weighted by Gasteiger charge is 2.65. The summed E-state index contributed by atoms with van der Waals surface area (Å²) in [5, 5.41) is 11.5. The van der Waals surface area contributed by atoms with E-state index in [9.17, 15) is 18.3 Å². The maximum atomic E-state index is 15.0. The van der Waals surface area contributed by atoms with Crippen molar-refractivity contribution in [2.45, 2.75) is 56.1 Å². The standard InChI is InChI=1S/C21H31FN4O4S/c1-19(2,3)16-20(4,14-12-13(23)6-7-15(14)22)25-17(24-18(27)28)21(31(16,29)30)8-10-26(5)11-9-21/h6-7,12,16H,8-11,23H2,1-5H3,(H,24,25)(H,27,28)/t16-,20?/m1/s1. The Hall–Kier alpha value is -2.20. The highest BCUT2D eigenvalue weighted by atomic mass is 32.2. The SMILES string of the molecule is CN1CCC2(CC1)C(=NC(=O)O)NC(C)(c1cc(N)ccc1F)[C@@H](C(C)(C)C)S2(=O)=O. The van der Waals surface area contributed by atoms with Crippen LogP contribution in [-0.4, -0.2) is 60.5 Å². The molecule has 0 saturated carbocycles. The van der Waals surface area contributed by atoms with Crippen LogP contribution in [0.1, 0.15) is 46.1 Å². The van der Waals surface area contributed by atoms with E-state index in [0.717, 1.165) is 0 Å². The molecule has 8 nitrogen and oxygen atoms in total. The minimum absolute atomic E-state index is 0.0665. The largest absolute Gasteiger partial charge is 0.463 e. The molecule has 10 heteroatoms. The summed E-state index contributed by atoms with van der Waals surface area (Å²) in [5.74, 6) is -0.763. The number of rotatable bonds is 1. The van der Waals surface area contributed by atoms with Crippen LogP contribution in [0.3, 0.4) is 0 Å². The Labute approximate surface area is 182 Å². The summed E-state index contributed by atoms with van der Waals surface area (Å²) in [5.41, 5.74) is 3.96. The molecule has 2 fully saturated rings. The van der Waals surface area contributed by atoms with E-state index in [-0.39, 0.29) is 29.9 Å². The number of anilines is 1. The molecule has 0 radical (unpaired) electrons. The number of piperidine rings is 1. The number of amides is 1. The zero-order valence-corrected chi connectivity index (χ0v) is 19.4. The highest BCUT2D eigenvalue weighted by molar-refractivity contribution is 7.94. The summed E-state index contributed by atoms with van der Waals surface area (Å²) < 4.78 is 42.2. The fraction of sp³-hybridized carbons (Fsp3) is 0.619. The van der Waals surface area contributed by atoms with Gasteiger partial charge in [0, 0.05) is 11.3 Å². The predicted molar refractivity (Wildman–Crippen MR) is 118 cm³/mol. The number of likely N-dealkylation sites (tertiary alicyclic amines) is 1. The minimum Gasteiger partial charge on any atom is -0.463 e. The summed E-state index contributed by atoms with van der Waals surface area (Å²) >= 11 is 0. The molecule has 1 aromatic carbocycles. The second-order valence-electron chi connectivity index (χ2n) is 9.90. The molecule has 31 heavy (non-hydrogen) atoms. The summed E-state index contributed by atoms with van der Waals surface area (Å²) in [6, 6.07) is 4.00. The molecule has 3 rings (SSSR count). The lowest BCUT2D eigenvalue weighted by Gasteiger charge is -2.56. The molecule has 2 atom stereocenters. The van der Waals surface area contributed by atoms with Gasteiger partial charge in [-0.1, -0.05) is 20.8 Å². The molecule has 2 saturated heterocycles. The van der Waals surface area contributed by atoms with Crippen LogP contribution in [0.2, 0.25) is 0 Å². The monoisotopic (exact) mass is 454 g/mol. The van der Waals surface area contributed by atoms with Crippen LogP contribution in [0, 0.1) is 11.2 Å². The van der Waals surface area contributed by atoms with Gasteiger partial charge in [0.1, 0.15) is 16.4 Å². The third-order valence-corrected chi connectivity index (χ3v) is 10.0. The molecule has 2 aliphatic heterocycles. The van der Waals surface area contributed by atoms with Gasteiger partial charge in [0.25, 0.3) is 0 Å². The van der Waals surface area contributed by atoms with E-state index in [2.05, 4.69) is 10.3 Å². The number of hydrogen-bond donors (Lipinski definition) is 3. The van der Waals surface area contributed by atoms with Gasteiger partial charge in [-0.3, -0.25) is 0 Å². The molecule has 2 heterocycles. The molecule has 1 aromatic rings. The van der Waals surface area contributed by atoms with Gasteiger partial charge < -0.3 is 21.1 Å². The first kappa shape index (κ1) is 23.5. The van der Waals surface area contributed by atoms with Crippen molar-refractivity contribution in [1.29, 1.82) is 0 Å². The number of carbonyl (C=O) groups is 1. The van der Waals surface area contributed by atoms with Crippen molar-refractivity contribution >= 4 is 27.5 Å². The average molecular weight is 455 g/mol. The quantitative estimate of drug-likeness (QED) is 0.557. The fourth-order valence-electron chi connectivity index (χ4n) is 5.30. The van der Waals surface area contributed by atoms with Crippen molar-refractivity contribution in [1.82, 2.24) is 10.2 Å². The average Bonchev–Trinajstić information content (AvgIpc) is 2.61. The first-order chi connectivity index (χ1) is 14.1. The number of halogens is 1. The maximum absolute atomic E-state index is 15.0. The van der Waals surface area contributed by atoms with Gasteiger partial charge in [-0.2, -0.15) is 4.99 Å². The third kappa shape index (κ3) is 3.69. The fourth-order valence-corrected chi connectivity index (χ4v) is 8.61. The Morgan fingerprint density at radius 3 is 2.42 bits per heavy atom. The number of aliphatic imine (C=N–C) groups is 1. The zero-order chi connectivity index (χ0) is 23.4. The Morgan fingerprint density at radius 2 is 1.90 bits per heavy atom. The van der Waals surface area contributed by atoms with E-state index in [0.29, 0.717) is 13.1 Å². The molecule has 172 valence electrons. The van der Waals surface area contributed by atoms with Crippen molar-refractivity contribution in [3.63, 3.8) is 0 Å². The second kappa shape index (κ2) is 7.44. The zero-order valence-electron chi connectivity index (χ0n) is 18.6. The number of sulfone groups is 1. The molecule has 0 aromatic heterocycles. The molecule has 4 N–H and O–H groups in total. The normalized spacial score (nSPS) is 29.6. The van der Waals surface area contributed by atoms with Crippen molar-refractivity contribution in [2.75, 3.05) is 25.9 Å². The van der Waals surface area contributed by atoms with Gasteiger partial charge in [-0.15, -0.1) is 0 Å². The van der Waals surface area contributed by atoms with E-state index in [1.165, 1.54) is 18.2 Å². The van der Waals surface area contributed by atoms with Crippen LogP contribution in [0.15, 0.2) is 23.2 Å². The van der Waals surface area contributed by atoms with Crippen LogP contribution >= 0.6 is 0 Å². The first-order valence-electron chi connectivity index (χ1n) is 10.2. The van der Waals surface area contributed by atoms with Crippen LogP contribution in [-0.2, 0) is 15.4 Å². The van der Waals surface area contributed by atoms with Crippen molar-refractivity contribution in [3.8, 4) is 0 Å². The summed E-state index contributed by atoms with van der Waals surface area (Å²) in [7, 11) is -2.15. The Balaban J connectivity index is 2.35. The van der Waals surface area contributed by atoms with Crippen LogP contribution in [0.25, 0.3) is 0 Å². The number of nitrogens with zero attached hydrogens (tertiary/aromatic N) is 2. The Bertz CT molecular complexity index is 1030. The van der Waals surface area contributed by atoms with Gasteiger partial charge in [0.2, 0.25) is 0 Å². The van der Waals surface area contributed by atoms with E-state index in [1.54, 1.807) is 27.7 Å². The number of benzene rings is 1. The topological polar surface area (TPSA) is 125 Å². The van der Waals surface area contributed by atoms with Gasteiger partial charge in [-0.25, -0.2) is 17.6 Å². The van der Waals surface area contributed by atoms with Crippen LogP contribution in [0.4, 0.5) is 14.9 Å². The lowest BCUT2D eigenvalue weighted by atomic mass is 9.74. The Morgan fingerprint density at radius 1 is 1.32 bits per heavy atom. The van der Waals surface area contributed by atoms with Gasteiger partial charge in [0.15, 0.2) is 9.84 Å². The molecule has 1 unspecified atom stereocenters. The lowest BCUT2D eigenvalue weighted by molar-refractivity contribution is 0.201. The number of amidine groups is 1. The van der Waals surface area contributed by atoms with Crippen LogP contribution < -0.4 is 11.1 Å². The van der Waals surface area contributed by atoms with Gasteiger partial charge in [-0.05, 0) is 63.5 Å². The van der Waals surface area contributed by atoms with Gasteiger partial charge >= 0.3 is 6.09 Å². The number of carboxylic acid groups (broad SMARTS) is 1. The molecule has 1 spiro atoms. The molecule has 0 bridgehead atoms. The van der Waals surface area contributed by atoms with E-state index >= 15 is 4.39 Å². The van der Waals surface area contributed by atoms with Crippen LogP contribution in [0.5, 0.6) is 0 Å². The van der Waals surface area contributed by atoms with Gasteiger partial charge in [0.05, 0.1) is 10.8 Å². The number of nitrogen functional groups attached to an aromatic ring is 1. The smallest absolute Gasteiger partial charge is 0.432 e. The third-order valence-electron chi connectivity index (χ3n) is 6.53. The van der Waals surface area contributed by atoms with Crippen molar-refractivity contribution in [3.05, 3.63) is 29.6 Å². The molecular weight excluding hydrogens is 423 g/mol. The number of nitrogens with one attached hydrogen (secondary N) is 1. The Kier molecular flexibility index (Phi) is 5.63. The number of nitrogens with two attached hydrogens (primary N) is 1. The molecule has 1 amide bonds. The minimum atomic E-state index is -4.04. The van der Waals surface area contributed by atoms with E-state index in [4.69, 9.17) is 5.73 Å². The lowest BCUT2D eigenvalue weighted by Crippen LogP contribution is -2.74. The maximum Gasteiger partial charge on any atom is 0.432 e.